The average Bonchev–Trinajstić information content (AvgIpc) is 1.87. The van der Waals surface area contributed by atoms with Crippen LogP contribution in [0.25, 0.3) is 0 Å². The van der Waals surface area contributed by atoms with Gasteiger partial charge in [0.05, 0.1) is 0 Å². The van der Waals surface area contributed by atoms with E-state index in [-0.39, 0.29) is 0 Å². The summed E-state index contributed by atoms with van der Waals surface area (Å²) in [5, 5.41) is 0. The van der Waals surface area contributed by atoms with E-state index in [9.17, 15) is 0 Å². The lowest BCUT2D eigenvalue weighted by molar-refractivity contribution is 0.611. The predicted octanol–water partition coefficient (Wildman–Crippen LogP) is 0.681. The molecule has 0 aliphatic carbocycles. The minimum absolute atomic E-state index is 0.401. The van der Waals surface area contributed by atoms with Gasteiger partial charge in [0, 0.05) is 12.4 Å². The van der Waals surface area contributed by atoms with Crippen LogP contribution in [0.4, 0.5) is 0 Å². The molecule has 1 saturated heterocycles. The van der Waals surface area contributed by atoms with Crippen LogP contribution in [0.15, 0.2) is 0 Å². The zero-order valence-corrected chi connectivity index (χ0v) is 6.64. The minimum Gasteiger partial charge on any atom is -0.279 e. The van der Waals surface area contributed by atoms with Crippen molar-refractivity contribution >= 4 is 20.3 Å². The molecule has 0 amide bonds. The van der Waals surface area contributed by atoms with Gasteiger partial charge < -0.3 is 0 Å². The van der Waals surface area contributed by atoms with Crippen LogP contribution >= 0.6 is 20.3 Å². The topological polar surface area (TPSA) is 3.24 Å². The zero-order valence-electron chi connectivity index (χ0n) is 4.59. The first-order chi connectivity index (χ1) is 3.29. The third-order valence-electron chi connectivity index (χ3n) is 1.19. The molecule has 1 aliphatic heterocycles. The fourth-order valence-corrected chi connectivity index (χ4v) is 3.43. The van der Waals surface area contributed by atoms with Gasteiger partial charge in [0.15, 0.2) is 0 Å². The summed E-state index contributed by atoms with van der Waals surface area (Å²) in [6, 6.07) is 0. The largest absolute Gasteiger partial charge is 0.279 e. The fourth-order valence-electron chi connectivity index (χ4n) is 0.751. The summed E-state index contributed by atoms with van der Waals surface area (Å²) < 4.78 is 2.33. The SMILES string of the molecule is C[SH]1CCN(P)C1. The Balaban J connectivity index is 2.26. The molecule has 1 rings (SSSR count). The lowest BCUT2D eigenvalue weighted by Gasteiger charge is -2.05. The highest BCUT2D eigenvalue weighted by Gasteiger charge is 2.10. The highest BCUT2D eigenvalue weighted by molar-refractivity contribution is 8.16. The molecule has 44 valence electrons. The molecule has 0 radical (unpaired) electrons. The number of rotatable bonds is 0. The molecule has 0 bridgehead atoms. The summed E-state index contributed by atoms with van der Waals surface area (Å²) in [5.41, 5.74) is 0. The van der Waals surface area contributed by atoms with E-state index in [0.717, 1.165) is 0 Å². The molecule has 0 aromatic carbocycles. The van der Waals surface area contributed by atoms with Crippen molar-refractivity contribution in [1.29, 1.82) is 0 Å². The molecule has 0 aromatic rings. The van der Waals surface area contributed by atoms with E-state index < -0.39 is 0 Å². The molecule has 1 nitrogen and oxygen atoms in total. The summed E-state index contributed by atoms with van der Waals surface area (Å²) in [7, 11) is 3.15. The molecular weight excluding hydrogens is 125 g/mol. The van der Waals surface area contributed by atoms with Gasteiger partial charge in [0.2, 0.25) is 0 Å². The molecule has 2 atom stereocenters. The number of thiol groups is 1. The van der Waals surface area contributed by atoms with E-state index in [1.807, 2.05) is 0 Å². The van der Waals surface area contributed by atoms with Crippen molar-refractivity contribution in [3.63, 3.8) is 0 Å². The van der Waals surface area contributed by atoms with E-state index in [1.165, 1.54) is 18.2 Å². The predicted molar refractivity (Wildman–Crippen MR) is 41.1 cm³/mol. The maximum Gasteiger partial charge on any atom is 0.0296 e. The Hall–Kier alpha value is 0.740. The summed E-state index contributed by atoms with van der Waals surface area (Å²) in [6.45, 7) is 1.30. The lowest BCUT2D eigenvalue weighted by atomic mass is 10.8. The van der Waals surface area contributed by atoms with Gasteiger partial charge in [-0.3, -0.25) is 4.67 Å². The normalized spacial score (nSPS) is 39.4. The number of nitrogens with zero attached hydrogens (tertiary/aromatic N) is 1. The van der Waals surface area contributed by atoms with Crippen molar-refractivity contribution in [2.75, 3.05) is 24.4 Å². The van der Waals surface area contributed by atoms with Gasteiger partial charge in [-0.2, -0.15) is 0 Å². The molecule has 0 saturated carbocycles. The quantitative estimate of drug-likeness (QED) is 0.379. The molecular formula is C4H12NPS. The molecule has 0 aromatic heterocycles. The van der Waals surface area contributed by atoms with Gasteiger partial charge in [-0.1, -0.05) is 9.39 Å². The van der Waals surface area contributed by atoms with Crippen LogP contribution in [0.2, 0.25) is 0 Å². The molecule has 1 aliphatic rings. The van der Waals surface area contributed by atoms with Crippen molar-refractivity contribution in [3.8, 4) is 0 Å². The third-order valence-corrected chi connectivity index (χ3v) is 3.75. The van der Waals surface area contributed by atoms with Crippen LogP contribution < -0.4 is 0 Å². The van der Waals surface area contributed by atoms with Gasteiger partial charge in [-0.25, -0.2) is 10.9 Å². The molecule has 1 fully saturated rings. The summed E-state index contributed by atoms with van der Waals surface area (Å²) in [4.78, 5) is 0. The monoisotopic (exact) mass is 137 g/mol. The summed E-state index contributed by atoms with van der Waals surface area (Å²) >= 11 is 0. The lowest BCUT2D eigenvalue weighted by Crippen LogP contribution is -2.02. The maximum atomic E-state index is 2.75. The fraction of sp³-hybridized carbons (Fsp3) is 1.00. The van der Waals surface area contributed by atoms with Crippen molar-refractivity contribution < 1.29 is 0 Å². The average molecular weight is 137 g/mol. The Morgan fingerprint density at radius 1 is 1.71 bits per heavy atom. The number of hydrogen-bond donors (Lipinski definition) is 1. The molecule has 7 heavy (non-hydrogen) atoms. The number of hydrogen-bond acceptors (Lipinski definition) is 1. The standard InChI is InChI=1S/C4H12NPS/c1-7-3-2-5(6)4-7/h7H,2-4,6H2,1H3. The van der Waals surface area contributed by atoms with E-state index >= 15 is 0 Å². The second-order valence-corrected chi connectivity index (χ2v) is 5.21. The van der Waals surface area contributed by atoms with Gasteiger partial charge in [-0.15, -0.1) is 0 Å². The van der Waals surface area contributed by atoms with Crippen LogP contribution in [0.5, 0.6) is 0 Å². The highest BCUT2D eigenvalue weighted by Crippen LogP contribution is 2.29. The Labute approximate surface area is 50.1 Å². The first-order valence-corrected chi connectivity index (χ1v) is 5.15. The van der Waals surface area contributed by atoms with E-state index in [2.05, 4.69) is 20.3 Å². The summed E-state index contributed by atoms with van der Waals surface area (Å²) in [6.07, 6.45) is 2.36. The molecule has 1 heterocycles. The van der Waals surface area contributed by atoms with Gasteiger partial charge >= 0.3 is 0 Å². The Morgan fingerprint density at radius 3 is 2.57 bits per heavy atom. The molecule has 0 spiro atoms. The first-order valence-electron chi connectivity index (χ1n) is 2.47. The Bertz CT molecular complexity index is 60.7. The van der Waals surface area contributed by atoms with Crippen molar-refractivity contribution in [2.45, 2.75) is 0 Å². The van der Waals surface area contributed by atoms with E-state index in [1.54, 1.807) is 0 Å². The van der Waals surface area contributed by atoms with Gasteiger partial charge in [0.1, 0.15) is 0 Å². The van der Waals surface area contributed by atoms with Crippen molar-refractivity contribution in [2.24, 2.45) is 0 Å². The van der Waals surface area contributed by atoms with Crippen molar-refractivity contribution in [3.05, 3.63) is 0 Å². The zero-order chi connectivity index (χ0) is 5.28. The first kappa shape index (κ1) is 5.87. The van der Waals surface area contributed by atoms with Crippen LogP contribution in [-0.2, 0) is 0 Å². The van der Waals surface area contributed by atoms with Crippen LogP contribution in [-0.4, -0.2) is 29.1 Å². The minimum atomic E-state index is 0.401. The molecule has 2 unspecified atom stereocenters. The summed E-state index contributed by atoms with van der Waals surface area (Å²) in [5.74, 6) is 2.78. The highest BCUT2D eigenvalue weighted by atomic mass is 32.2. The van der Waals surface area contributed by atoms with Crippen LogP contribution in [0.3, 0.4) is 0 Å². The second-order valence-electron chi connectivity index (χ2n) is 2.03. The van der Waals surface area contributed by atoms with E-state index in [4.69, 9.17) is 0 Å². The van der Waals surface area contributed by atoms with Gasteiger partial charge in [-0.05, 0) is 12.0 Å². The van der Waals surface area contributed by atoms with Crippen molar-refractivity contribution in [1.82, 2.24) is 4.67 Å². The Kier molecular flexibility index (Phi) is 1.96. The van der Waals surface area contributed by atoms with Gasteiger partial charge in [0.25, 0.3) is 0 Å². The smallest absolute Gasteiger partial charge is 0.0296 e. The second kappa shape index (κ2) is 2.34. The van der Waals surface area contributed by atoms with E-state index in [0.29, 0.717) is 10.9 Å². The van der Waals surface area contributed by atoms with Crippen LogP contribution in [0, 0.1) is 0 Å². The molecule has 0 N–H and O–H groups in total. The van der Waals surface area contributed by atoms with Crippen LogP contribution in [0.1, 0.15) is 0 Å². The molecule has 3 heteroatoms. The maximum absolute atomic E-state index is 2.75. The Morgan fingerprint density at radius 2 is 2.43 bits per heavy atom. The third kappa shape index (κ3) is 1.60.